The first kappa shape index (κ1) is 15.0. The first-order valence-electron chi connectivity index (χ1n) is 5.55. The third-order valence-corrected chi connectivity index (χ3v) is 3.34. The molecule has 0 amide bonds. The molecule has 0 atom stereocenters. The van der Waals surface area contributed by atoms with Crippen LogP contribution in [0.3, 0.4) is 0 Å². The summed E-state index contributed by atoms with van der Waals surface area (Å²) in [6.45, 7) is 0.119. The van der Waals surface area contributed by atoms with Crippen LogP contribution in [-0.4, -0.2) is 9.55 Å². The molecule has 0 saturated carbocycles. The number of nitrogens with zero attached hydrogens (tertiary/aromatic N) is 2. The van der Waals surface area contributed by atoms with Gasteiger partial charge in [0, 0.05) is 17.8 Å². The maximum Gasteiger partial charge on any atom is 0.418 e. The predicted molar refractivity (Wildman–Crippen MR) is 72.0 cm³/mol. The van der Waals surface area contributed by atoms with E-state index in [-0.39, 0.29) is 17.3 Å². The minimum atomic E-state index is -4.48. The lowest BCUT2D eigenvalue weighted by atomic mass is 10.1. The molecule has 2 aromatic rings. The zero-order chi connectivity index (χ0) is 14.9. The van der Waals surface area contributed by atoms with E-state index in [1.54, 1.807) is 11.6 Å². The van der Waals surface area contributed by atoms with Gasteiger partial charge in [-0.25, -0.2) is 4.98 Å². The number of rotatable bonds is 3. The van der Waals surface area contributed by atoms with Crippen molar-refractivity contribution >= 4 is 28.9 Å². The van der Waals surface area contributed by atoms with Gasteiger partial charge in [0.15, 0.2) is 0 Å². The van der Waals surface area contributed by atoms with Gasteiger partial charge in [-0.15, -0.1) is 0 Å². The summed E-state index contributed by atoms with van der Waals surface area (Å²) in [6.07, 6.45) is -3.04. The Balaban J connectivity index is 2.24. The molecule has 0 saturated heterocycles. The van der Waals surface area contributed by atoms with Gasteiger partial charge in [0.2, 0.25) is 0 Å². The molecule has 8 heteroatoms. The van der Waals surface area contributed by atoms with Crippen LogP contribution < -0.4 is 5.32 Å². The lowest BCUT2D eigenvalue weighted by Gasteiger charge is -2.14. The summed E-state index contributed by atoms with van der Waals surface area (Å²) in [6, 6.07) is 3.57. The zero-order valence-electron chi connectivity index (χ0n) is 10.3. The van der Waals surface area contributed by atoms with E-state index in [1.165, 1.54) is 18.3 Å². The Morgan fingerprint density at radius 1 is 1.30 bits per heavy atom. The van der Waals surface area contributed by atoms with E-state index >= 15 is 0 Å². The van der Waals surface area contributed by atoms with Crippen molar-refractivity contribution in [3.8, 4) is 0 Å². The van der Waals surface area contributed by atoms with E-state index in [4.69, 9.17) is 23.2 Å². The Morgan fingerprint density at radius 2 is 2.00 bits per heavy atom. The van der Waals surface area contributed by atoms with Crippen LogP contribution in [0.15, 0.2) is 24.4 Å². The minimum absolute atomic E-state index is 0.0305. The molecule has 3 nitrogen and oxygen atoms in total. The maximum atomic E-state index is 12.9. The Kier molecular flexibility index (Phi) is 4.15. The average Bonchev–Trinajstić information content (AvgIpc) is 2.67. The summed E-state index contributed by atoms with van der Waals surface area (Å²) >= 11 is 11.4. The van der Waals surface area contributed by atoms with Crippen molar-refractivity contribution in [2.24, 2.45) is 7.05 Å². The molecule has 0 radical (unpaired) electrons. The summed E-state index contributed by atoms with van der Waals surface area (Å²) in [5, 5.41) is 3.14. The minimum Gasteiger partial charge on any atom is -0.377 e. The molecule has 0 bridgehead atoms. The van der Waals surface area contributed by atoms with Crippen LogP contribution in [0.5, 0.6) is 0 Å². The SMILES string of the molecule is Cn1c(Cl)cnc1CNc1ccc(Cl)cc1C(F)(F)F. The second-order valence-corrected chi connectivity index (χ2v) is 4.92. The molecule has 1 aromatic heterocycles. The Bertz CT molecular complexity index is 623. The number of hydrogen-bond acceptors (Lipinski definition) is 2. The highest BCUT2D eigenvalue weighted by Gasteiger charge is 2.33. The monoisotopic (exact) mass is 323 g/mol. The fourth-order valence-electron chi connectivity index (χ4n) is 1.67. The highest BCUT2D eigenvalue weighted by atomic mass is 35.5. The largest absolute Gasteiger partial charge is 0.418 e. The summed E-state index contributed by atoms with van der Waals surface area (Å²) in [7, 11) is 1.68. The van der Waals surface area contributed by atoms with Crippen LogP contribution in [-0.2, 0) is 19.8 Å². The van der Waals surface area contributed by atoms with E-state index in [2.05, 4.69) is 10.3 Å². The topological polar surface area (TPSA) is 29.9 Å². The molecule has 1 aromatic carbocycles. The highest BCUT2D eigenvalue weighted by Crippen LogP contribution is 2.36. The van der Waals surface area contributed by atoms with Gasteiger partial charge in [-0.3, -0.25) is 0 Å². The third-order valence-electron chi connectivity index (χ3n) is 2.75. The lowest BCUT2D eigenvalue weighted by Crippen LogP contribution is -2.12. The van der Waals surface area contributed by atoms with Crippen LogP contribution in [0.4, 0.5) is 18.9 Å². The molecule has 0 aliphatic heterocycles. The number of hydrogen-bond donors (Lipinski definition) is 1. The first-order valence-corrected chi connectivity index (χ1v) is 6.31. The van der Waals surface area contributed by atoms with Crippen LogP contribution >= 0.6 is 23.2 Å². The van der Waals surface area contributed by atoms with E-state index in [1.807, 2.05) is 0 Å². The molecule has 1 N–H and O–H groups in total. The predicted octanol–water partition coefficient (Wildman–Crippen LogP) is 4.36. The summed E-state index contributed by atoms with van der Waals surface area (Å²) in [5.41, 5.74) is -0.869. The van der Waals surface area contributed by atoms with Gasteiger partial charge >= 0.3 is 6.18 Å². The molecule has 0 aliphatic carbocycles. The number of aromatic nitrogens is 2. The van der Waals surface area contributed by atoms with Gasteiger partial charge in [-0.1, -0.05) is 23.2 Å². The number of nitrogens with one attached hydrogen (secondary N) is 1. The second kappa shape index (κ2) is 5.54. The van der Waals surface area contributed by atoms with Crippen molar-refractivity contribution in [1.29, 1.82) is 0 Å². The Labute approximate surface area is 123 Å². The third kappa shape index (κ3) is 3.19. The zero-order valence-corrected chi connectivity index (χ0v) is 11.8. The van der Waals surface area contributed by atoms with E-state index < -0.39 is 11.7 Å². The average molecular weight is 324 g/mol. The number of halogens is 5. The van der Waals surface area contributed by atoms with Crippen LogP contribution in [0.1, 0.15) is 11.4 Å². The molecular formula is C12H10Cl2F3N3. The quantitative estimate of drug-likeness (QED) is 0.909. The number of anilines is 1. The molecule has 0 spiro atoms. The van der Waals surface area contributed by atoms with Gasteiger partial charge in [-0.2, -0.15) is 13.2 Å². The fourth-order valence-corrected chi connectivity index (χ4v) is 1.99. The normalized spacial score (nSPS) is 11.7. The summed E-state index contributed by atoms with van der Waals surface area (Å²) < 4.78 is 40.3. The molecule has 20 heavy (non-hydrogen) atoms. The van der Waals surface area contributed by atoms with E-state index in [0.29, 0.717) is 11.0 Å². The molecule has 0 aliphatic rings. The van der Waals surface area contributed by atoms with Crippen molar-refractivity contribution in [1.82, 2.24) is 9.55 Å². The van der Waals surface area contributed by atoms with Gasteiger partial charge < -0.3 is 9.88 Å². The second-order valence-electron chi connectivity index (χ2n) is 4.10. The molecule has 108 valence electrons. The van der Waals surface area contributed by atoms with Gasteiger partial charge in [0.1, 0.15) is 11.0 Å². The molecule has 1 heterocycles. The lowest BCUT2D eigenvalue weighted by molar-refractivity contribution is -0.136. The molecular weight excluding hydrogens is 314 g/mol. The van der Waals surface area contributed by atoms with Crippen molar-refractivity contribution in [2.45, 2.75) is 12.7 Å². The van der Waals surface area contributed by atoms with Gasteiger partial charge in [0.05, 0.1) is 18.3 Å². The van der Waals surface area contributed by atoms with Crippen molar-refractivity contribution in [3.05, 3.63) is 46.0 Å². The van der Waals surface area contributed by atoms with Crippen LogP contribution in [0.25, 0.3) is 0 Å². The van der Waals surface area contributed by atoms with Gasteiger partial charge in [0.25, 0.3) is 0 Å². The molecule has 0 fully saturated rings. The summed E-state index contributed by atoms with van der Waals surface area (Å²) in [4.78, 5) is 4.00. The van der Waals surface area contributed by atoms with E-state index in [9.17, 15) is 13.2 Å². The van der Waals surface area contributed by atoms with Crippen molar-refractivity contribution < 1.29 is 13.2 Å². The maximum absolute atomic E-state index is 12.9. The van der Waals surface area contributed by atoms with Crippen molar-refractivity contribution in [3.63, 3.8) is 0 Å². The fraction of sp³-hybridized carbons (Fsp3) is 0.250. The van der Waals surface area contributed by atoms with E-state index in [0.717, 1.165) is 6.07 Å². The highest BCUT2D eigenvalue weighted by molar-refractivity contribution is 6.30. The summed E-state index contributed by atoms with van der Waals surface area (Å²) in [5.74, 6) is 0.526. The van der Waals surface area contributed by atoms with Crippen LogP contribution in [0.2, 0.25) is 10.2 Å². The number of benzene rings is 1. The van der Waals surface area contributed by atoms with Crippen molar-refractivity contribution in [2.75, 3.05) is 5.32 Å². The Morgan fingerprint density at radius 3 is 2.55 bits per heavy atom. The number of alkyl halides is 3. The Hall–Kier alpha value is -1.40. The molecule has 2 rings (SSSR count). The first-order chi connectivity index (χ1) is 9.29. The number of imidazole rings is 1. The molecule has 0 unspecified atom stereocenters. The van der Waals surface area contributed by atoms with Gasteiger partial charge in [-0.05, 0) is 18.2 Å². The van der Waals surface area contributed by atoms with Crippen LogP contribution in [0, 0.1) is 0 Å². The standard InChI is InChI=1S/C12H10Cl2F3N3/c1-20-10(14)5-19-11(20)6-18-9-3-2-7(13)4-8(9)12(15,16)17/h2-5,18H,6H2,1H3. The smallest absolute Gasteiger partial charge is 0.377 e.